The van der Waals surface area contributed by atoms with Crippen molar-refractivity contribution in [3.63, 3.8) is 0 Å². The molecule has 0 spiro atoms. The lowest BCUT2D eigenvalue weighted by atomic mass is 9.79. The predicted octanol–water partition coefficient (Wildman–Crippen LogP) is 4.14. The number of hydrogen-bond acceptors (Lipinski definition) is 7. The van der Waals surface area contributed by atoms with E-state index in [2.05, 4.69) is 10.5 Å². The molecular formula is C19H20N4O5. The van der Waals surface area contributed by atoms with Crippen LogP contribution in [0.15, 0.2) is 53.7 Å². The molecule has 1 aliphatic rings. The maximum Gasteiger partial charge on any atom is 0.269 e. The summed E-state index contributed by atoms with van der Waals surface area (Å²) in [6, 6.07) is 12.2. The first-order valence-corrected chi connectivity index (χ1v) is 8.90. The van der Waals surface area contributed by atoms with Crippen molar-refractivity contribution in [2.24, 2.45) is 11.1 Å². The molecule has 1 aliphatic heterocycles. The average Bonchev–Trinajstić information content (AvgIpc) is 2.72. The molecule has 28 heavy (non-hydrogen) atoms. The van der Waals surface area contributed by atoms with Crippen LogP contribution in [0.5, 0.6) is 0 Å². The maximum atomic E-state index is 10.9. The highest BCUT2D eigenvalue weighted by Gasteiger charge is 2.36. The van der Waals surface area contributed by atoms with Crippen LogP contribution >= 0.6 is 0 Å². The van der Waals surface area contributed by atoms with Gasteiger partial charge in [0, 0.05) is 48.7 Å². The Bertz CT molecular complexity index is 896. The minimum atomic E-state index is -0.453. The lowest BCUT2D eigenvalue weighted by Gasteiger charge is -2.38. The van der Waals surface area contributed by atoms with Gasteiger partial charge in [0.05, 0.1) is 15.6 Å². The van der Waals surface area contributed by atoms with Gasteiger partial charge in [0.15, 0.2) is 0 Å². The third-order valence-electron chi connectivity index (χ3n) is 5.16. The molecule has 1 saturated heterocycles. The molecule has 0 aromatic heterocycles. The number of nitro groups is 2. The molecule has 1 fully saturated rings. The fourth-order valence-corrected chi connectivity index (χ4v) is 3.71. The third kappa shape index (κ3) is 3.84. The summed E-state index contributed by atoms with van der Waals surface area (Å²) >= 11 is 0. The van der Waals surface area contributed by atoms with E-state index >= 15 is 0 Å². The molecule has 0 unspecified atom stereocenters. The number of nitrogens with one attached hydrogen (secondary N) is 1. The number of rotatable bonds is 5. The minimum Gasteiger partial charge on any atom is -0.411 e. The molecule has 2 aromatic carbocycles. The molecule has 3 rings (SSSR count). The Morgan fingerprint density at radius 2 is 1.50 bits per heavy atom. The predicted molar refractivity (Wildman–Crippen MR) is 102 cm³/mol. The molecule has 146 valence electrons. The van der Waals surface area contributed by atoms with Crippen LogP contribution in [-0.2, 0) is 0 Å². The lowest BCUT2D eigenvalue weighted by Crippen LogP contribution is -2.42. The molecule has 0 bridgehead atoms. The van der Waals surface area contributed by atoms with Crippen molar-refractivity contribution in [1.82, 2.24) is 5.32 Å². The van der Waals surface area contributed by atoms with Crippen LogP contribution in [0.1, 0.15) is 43.0 Å². The number of non-ortho nitro benzene ring substituents is 2. The third-order valence-corrected chi connectivity index (χ3v) is 5.16. The molecule has 2 N–H and O–H groups in total. The second-order valence-electron chi connectivity index (χ2n) is 6.70. The first-order valence-electron chi connectivity index (χ1n) is 8.90. The van der Waals surface area contributed by atoms with Gasteiger partial charge < -0.3 is 10.5 Å². The summed E-state index contributed by atoms with van der Waals surface area (Å²) in [5, 5.41) is 38.3. The van der Waals surface area contributed by atoms with E-state index in [0.717, 1.165) is 17.5 Å². The summed E-state index contributed by atoms with van der Waals surface area (Å²) in [5.41, 5.74) is 2.34. The smallest absolute Gasteiger partial charge is 0.269 e. The van der Waals surface area contributed by atoms with E-state index in [4.69, 9.17) is 0 Å². The van der Waals surface area contributed by atoms with Crippen LogP contribution in [-0.4, -0.2) is 20.8 Å². The highest BCUT2D eigenvalue weighted by Crippen LogP contribution is 2.37. The van der Waals surface area contributed by atoms with Crippen molar-refractivity contribution in [2.75, 3.05) is 0 Å². The largest absolute Gasteiger partial charge is 0.411 e. The van der Waals surface area contributed by atoms with Gasteiger partial charge in [0.1, 0.15) is 0 Å². The van der Waals surface area contributed by atoms with Gasteiger partial charge in [-0.25, -0.2) is 0 Å². The Kier molecular flexibility index (Phi) is 5.65. The summed E-state index contributed by atoms with van der Waals surface area (Å²) < 4.78 is 0. The Morgan fingerprint density at radius 1 is 1.00 bits per heavy atom. The van der Waals surface area contributed by atoms with E-state index < -0.39 is 9.85 Å². The van der Waals surface area contributed by atoms with Crippen molar-refractivity contribution in [2.45, 2.75) is 31.8 Å². The topological polar surface area (TPSA) is 131 Å². The van der Waals surface area contributed by atoms with Gasteiger partial charge >= 0.3 is 0 Å². The second kappa shape index (κ2) is 8.13. The van der Waals surface area contributed by atoms with Gasteiger partial charge in [0.25, 0.3) is 11.4 Å². The van der Waals surface area contributed by atoms with Gasteiger partial charge in [-0.3, -0.25) is 20.2 Å². The fourth-order valence-electron chi connectivity index (χ4n) is 3.71. The molecule has 0 aliphatic carbocycles. The van der Waals surface area contributed by atoms with Crippen molar-refractivity contribution >= 4 is 17.1 Å². The summed E-state index contributed by atoms with van der Waals surface area (Å²) in [6.45, 7) is 1.99. The highest BCUT2D eigenvalue weighted by atomic mass is 16.6. The first-order chi connectivity index (χ1) is 13.4. The Morgan fingerprint density at radius 3 is 1.93 bits per heavy atom. The molecule has 1 heterocycles. The standard InChI is InChI=1S/C19H20N4O5/c1-2-16-18(21-24)11-17(12-3-7-14(8-4-12)22(25)26)20-19(16)13-5-9-15(10-6-13)23(27)28/h3-10,16-17,19-20,24H,2,11H2,1H3/b21-18+/t16-,17+,19+/m1/s1. The molecule has 0 saturated carbocycles. The summed E-state index contributed by atoms with van der Waals surface area (Å²) in [7, 11) is 0. The molecule has 0 amide bonds. The van der Waals surface area contributed by atoms with E-state index in [-0.39, 0.29) is 29.4 Å². The number of piperidine rings is 1. The molecule has 0 radical (unpaired) electrons. The Balaban J connectivity index is 1.93. The minimum absolute atomic E-state index is 0.00830. The lowest BCUT2D eigenvalue weighted by molar-refractivity contribution is -0.385. The quantitative estimate of drug-likeness (QED) is 0.452. The monoisotopic (exact) mass is 384 g/mol. The van der Waals surface area contributed by atoms with Gasteiger partial charge in [-0.05, 0) is 17.5 Å². The number of nitrogens with zero attached hydrogens (tertiary/aromatic N) is 3. The highest BCUT2D eigenvalue weighted by molar-refractivity contribution is 5.88. The van der Waals surface area contributed by atoms with Crippen LogP contribution < -0.4 is 5.32 Å². The van der Waals surface area contributed by atoms with E-state index in [1.165, 1.54) is 24.3 Å². The second-order valence-corrected chi connectivity index (χ2v) is 6.70. The van der Waals surface area contributed by atoms with Crippen LogP contribution in [0, 0.1) is 26.1 Å². The molecular weight excluding hydrogens is 364 g/mol. The summed E-state index contributed by atoms with van der Waals surface area (Å²) in [6.07, 6.45) is 1.19. The van der Waals surface area contributed by atoms with Crippen LogP contribution in [0.3, 0.4) is 0 Å². The van der Waals surface area contributed by atoms with Gasteiger partial charge in [-0.15, -0.1) is 0 Å². The molecule has 9 nitrogen and oxygen atoms in total. The van der Waals surface area contributed by atoms with Crippen molar-refractivity contribution in [3.8, 4) is 0 Å². The maximum absolute atomic E-state index is 10.9. The number of nitro benzene ring substituents is 2. The SMILES string of the molecule is CC[C@@H]1/C(=N/O)C[C@@H](c2ccc([N+](=O)[O-])cc2)N[C@H]1c1ccc([N+](=O)[O-])cc1. The van der Waals surface area contributed by atoms with Crippen LogP contribution in [0.2, 0.25) is 0 Å². The van der Waals surface area contributed by atoms with Crippen molar-refractivity contribution in [3.05, 3.63) is 79.9 Å². The summed E-state index contributed by atoms with van der Waals surface area (Å²) in [4.78, 5) is 20.9. The zero-order valence-electron chi connectivity index (χ0n) is 15.2. The molecule has 2 aromatic rings. The normalized spacial score (nSPS) is 23.5. The first kappa shape index (κ1) is 19.4. The van der Waals surface area contributed by atoms with E-state index in [0.29, 0.717) is 12.1 Å². The van der Waals surface area contributed by atoms with Gasteiger partial charge in [-0.2, -0.15) is 0 Å². The van der Waals surface area contributed by atoms with E-state index in [1.54, 1.807) is 24.3 Å². The van der Waals surface area contributed by atoms with Crippen LogP contribution in [0.4, 0.5) is 11.4 Å². The van der Waals surface area contributed by atoms with Crippen LogP contribution in [0.25, 0.3) is 0 Å². The van der Waals surface area contributed by atoms with Gasteiger partial charge in [0.2, 0.25) is 0 Å². The fraction of sp³-hybridized carbons (Fsp3) is 0.316. The number of benzene rings is 2. The zero-order chi connectivity index (χ0) is 20.3. The molecule has 9 heteroatoms. The Labute approximate surface area is 161 Å². The average molecular weight is 384 g/mol. The molecule has 3 atom stereocenters. The van der Waals surface area contributed by atoms with Gasteiger partial charge in [-0.1, -0.05) is 36.3 Å². The van der Waals surface area contributed by atoms with Crippen molar-refractivity contribution in [1.29, 1.82) is 0 Å². The number of hydrogen-bond donors (Lipinski definition) is 2. The zero-order valence-corrected chi connectivity index (χ0v) is 15.2. The Hall–Kier alpha value is -3.33. The van der Waals surface area contributed by atoms with Crippen molar-refractivity contribution < 1.29 is 15.1 Å². The van der Waals surface area contributed by atoms with E-state index in [1.807, 2.05) is 6.92 Å². The summed E-state index contributed by atoms with van der Waals surface area (Å²) in [5.74, 6) is -0.0687. The van der Waals surface area contributed by atoms with E-state index in [9.17, 15) is 25.4 Å². The number of oxime groups is 1.